The molecule has 2 unspecified atom stereocenters. The van der Waals surface area contributed by atoms with Crippen LogP contribution in [0.2, 0.25) is 0 Å². The van der Waals surface area contributed by atoms with Crippen molar-refractivity contribution >= 4 is 57.9 Å². The van der Waals surface area contributed by atoms with Gasteiger partial charge in [0.05, 0.1) is 6.42 Å². The predicted molar refractivity (Wildman–Crippen MR) is 144 cm³/mol. The van der Waals surface area contributed by atoms with Crippen molar-refractivity contribution in [2.75, 3.05) is 25.6 Å². The number of nitrogen functional groups attached to an aromatic ring is 1. The monoisotopic (exact) mass is 664 g/mol. The highest BCUT2D eigenvalue weighted by Gasteiger charge is 2.65. The van der Waals surface area contributed by atoms with Gasteiger partial charge in [0, 0.05) is 11.4 Å². The highest BCUT2D eigenvalue weighted by Crippen LogP contribution is 2.36. The van der Waals surface area contributed by atoms with Crippen LogP contribution in [0.3, 0.4) is 0 Å². The minimum atomic E-state index is -2.74. The summed E-state index contributed by atoms with van der Waals surface area (Å²) in [6.45, 7) is -1.61. The molecule has 0 aromatic carbocycles. The maximum atomic E-state index is 13.4. The van der Waals surface area contributed by atoms with Gasteiger partial charge in [0.15, 0.2) is 23.1 Å². The van der Waals surface area contributed by atoms with Crippen molar-refractivity contribution < 1.29 is 68.1 Å². The standard InChI is InChI=1S/C24H21N7O14S/c25-21-27-11(6-46-21)15(28-45-23(19(37)38)7-42-8-23)16(34)26-10-5-43-31(17(10)35)24(20(39)40)2-12(18(36)44-24)30-3-9-1-13(32)14(33)4-29(9)22(30)41/h1,4,6,10,12H,2-3,5,7-8H2,(H6,25,26,27,33,34,37,38,39,40)/p+1/b28-15-/t10-,12?,24?/m0/s1. The number of amides is 2. The molecule has 0 spiro atoms. The van der Waals surface area contributed by atoms with Gasteiger partial charge >= 0.3 is 29.7 Å². The van der Waals surface area contributed by atoms with E-state index in [1.165, 1.54) is 5.38 Å². The number of hydrogen-bond donors (Lipinski definition) is 6. The number of oxime groups is 1. The van der Waals surface area contributed by atoms with Crippen LogP contribution in [-0.2, 0) is 49.7 Å². The molecule has 3 atom stereocenters. The van der Waals surface area contributed by atoms with E-state index >= 15 is 0 Å². The maximum absolute atomic E-state index is 13.4. The molecule has 4 aliphatic heterocycles. The largest absolute Gasteiger partial charge is 0.502 e. The lowest BCUT2D eigenvalue weighted by Crippen LogP contribution is -2.58. The van der Waals surface area contributed by atoms with Gasteiger partial charge in [-0.15, -0.1) is 11.3 Å². The topological polar surface area (TPSA) is 295 Å². The Labute approximate surface area is 258 Å². The van der Waals surface area contributed by atoms with E-state index in [0.29, 0.717) is 0 Å². The number of cyclic esters (lactones) is 1. The van der Waals surface area contributed by atoms with Crippen LogP contribution in [0.5, 0.6) is 5.75 Å². The number of fused-ring (bicyclic) bond motifs is 1. The number of nitrogens with zero attached hydrogens (tertiary/aromatic N) is 5. The third-order valence-corrected chi connectivity index (χ3v) is 8.16. The molecule has 0 bridgehead atoms. The van der Waals surface area contributed by atoms with Gasteiger partial charge < -0.3 is 45.8 Å². The Morgan fingerprint density at radius 1 is 1.20 bits per heavy atom. The first-order chi connectivity index (χ1) is 21.8. The molecular weight excluding hydrogens is 642 g/mol. The molecule has 46 heavy (non-hydrogen) atoms. The first-order valence-electron chi connectivity index (χ1n) is 13.1. The van der Waals surface area contributed by atoms with Crippen LogP contribution in [0, 0.1) is 0 Å². The number of carboxylic acid groups (broad SMARTS) is 2. The lowest BCUT2D eigenvalue weighted by Gasteiger charge is -2.34. The van der Waals surface area contributed by atoms with Gasteiger partial charge in [-0.2, -0.15) is 9.63 Å². The zero-order chi connectivity index (χ0) is 33.1. The Kier molecular flexibility index (Phi) is 7.13. The first-order valence-corrected chi connectivity index (χ1v) is 13.9. The van der Waals surface area contributed by atoms with E-state index in [4.69, 9.17) is 24.9 Å². The second-order valence-corrected chi connectivity index (χ2v) is 11.3. The molecule has 2 aromatic heterocycles. The average molecular weight is 665 g/mol. The maximum Gasteiger partial charge on any atom is 0.455 e. The molecule has 2 aromatic rings. The van der Waals surface area contributed by atoms with E-state index in [1.54, 1.807) is 0 Å². The highest BCUT2D eigenvalue weighted by atomic mass is 32.1. The van der Waals surface area contributed by atoms with Crippen LogP contribution in [0.1, 0.15) is 17.8 Å². The number of nitrogens with two attached hydrogens (primary N) is 1. The first kappa shape index (κ1) is 30.4. The molecule has 3 saturated heterocycles. The number of aromatic nitrogens is 2. The summed E-state index contributed by atoms with van der Waals surface area (Å²) in [5.74, 6) is -7.33. The van der Waals surface area contributed by atoms with Gasteiger partial charge in [0.2, 0.25) is 17.2 Å². The summed E-state index contributed by atoms with van der Waals surface area (Å²) in [4.78, 5) is 90.1. The highest BCUT2D eigenvalue weighted by molar-refractivity contribution is 7.13. The summed E-state index contributed by atoms with van der Waals surface area (Å²) >= 11 is 0.924. The molecule has 7 N–H and O–H groups in total. The Morgan fingerprint density at radius 2 is 1.93 bits per heavy atom. The molecule has 21 nitrogen and oxygen atoms in total. The number of ether oxygens (including phenoxy) is 2. The Hall–Kier alpha value is -5.61. The number of anilines is 1. The van der Waals surface area contributed by atoms with Gasteiger partial charge in [-0.3, -0.25) is 19.2 Å². The second-order valence-electron chi connectivity index (χ2n) is 10.4. The molecule has 6 heterocycles. The van der Waals surface area contributed by atoms with Crippen molar-refractivity contribution in [3.63, 3.8) is 0 Å². The number of carboxylic acids is 2. The number of nitrogens with one attached hydrogen (secondary N) is 1. The molecule has 0 aliphatic carbocycles. The summed E-state index contributed by atoms with van der Waals surface area (Å²) in [6.07, 6.45) is 0.155. The summed E-state index contributed by atoms with van der Waals surface area (Å²) in [5.41, 5.74) is -0.247. The number of rotatable bonds is 9. The summed E-state index contributed by atoms with van der Waals surface area (Å²) in [7, 11) is 0. The zero-order valence-electron chi connectivity index (χ0n) is 23.0. The van der Waals surface area contributed by atoms with Crippen LogP contribution < -0.4 is 16.5 Å². The number of pyridine rings is 1. The normalized spacial score (nSPS) is 25.2. The fourth-order valence-corrected chi connectivity index (χ4v) is 5.53. The quantitative estimate of drug-likeness (QED) is 0.0656. The Morgan fingerprint density at radius 3 is 2.54 bits per heavy atom. The second kappa shape index (κ2) is 10.8. The summed E-state index contributed by atoms with van der Waals surface area (Å²) in [5, 5.41) is 47.6. The van der Waals surface area contributed by atoms with E-state index in [2.05, 4.69) is 15.5 Å². The number of aliphatic carboxylic acids is 2. The number of hydroxylamine groups is 2. The number of thiazole rings is 1. The van der Waals surface area contributed by atoms with Crippen molar-refractivity contribution in [1.82, 2.24) is 19.9 Å². The number of aliphatic hydroxyl groups is 1. The third kappa shape index (κ3) is 4.74. The molecule has 2 amide bonds. The van der Waals surface area contributed by atoms with Crippen LogP contribution in [0.4, 0.5) is 5.13 Å². The van der Waals surface area contributed by atoms with Crippen molar-refractivity contribution in [1.29, 1.82) is 0 Å². The van der Waals surface area contributed by atoms with Gasteiger partial charge in [0.1, 0.15) is 37.8 Å². The number of carbonyl (C=O) groups is 5. The molecule has 0 radical (unpaired) electrons. The number of hydrogen-bond acceptors (Lipinski definition) is 15. The lowest BCUT2D eigenvalue weighted by molar-refractivity contribution is -0.570. The number of carbonyl (C=O) groups excluding carboxylic acids is 3. The SMILES string of the molecule is Nc1nc(/C(=N/OC2(C(=O)O)COC2)C(=O)N[C@H]2CON(C3(C(=O)O)CC([N+]4=C(O)n5cc(O)c(=O)cc5C4)C(=O)O3)C2=O)cs1. The number of aromatic hydroxyl groups is 1. The molecule has 242 valence electrons. The predicted octanol–water partition coefficient (Wildman–Crippen LogP) is -3.49. The molecular formula is C24H22N7O14S+. The molecule has 4 aliphatic rings. The van der Waals surface area contributed by atoms with Crippen LogP contribution in [-0.4, -0.2) is 124 Å². The third-order valence-electron chi connectivity index (χ3n) is 7.49. The fourth-order valence-electron chi connectivity index (χ4n) is 4.98. The van der Waals surface area contributed by atoms with Gasteiger partial charge in [-0.25, -0.2) is 23.9 Å². The minimum absolute atomic E-state index is 0.0240. The molecule has 0 saturated carbocycles. The Balaban J connectivity index is 1.22. The summed E-state index contributed by atoms with van der Waals surface area (Å²) in [6, 6.07) is -2.67. The van der Waals surface area contributed by atoms with Crippen molar-refractivity contribution in [3.05, 3.63) is 39.3 Å². The van der Waals surface area contributed by atoms with E-state index in [0.717, 1.165) is 32.7 Å². The Bertz CT molecular complexity index is 1830. The average Bonchev–Trinajstić information content (AvgIpc) is 3.72. The van der Waals surface area contributed by atoms with E-state index in [1.807, 2.05) is 0 Å². The van der Waals surface area contributed by atoms with E-state index < -0.39 is 89.1 Å². The van der Waals surface area contributed by atoms with Crippen molar-refractivity contribution in [2.45, 2.75) is 36.4 Å². The van der Waals surface area contributed by atoms with Crippen LogP contribution in [0.15, 0.2) is 27.6 Å². The van der Waals surface area contributed by atoms with Crippen LogP contribution in [0.25, 0.3) is 0 Å². The number of aliphatic hydroxyl groups excluding tert-OH is 1. The van der Waals surface area contributed by atoms with E-state index in [9.17, 15) is 49.2 Å². The number of esters is 1. The van der Waals surface area contributed by atoms with Gasteiger partial charge in [-0.1, -0.05) is 5.16 Å². The fraction of sp³-hybridized carbons (Fsp3) is 0.375. The molecule has 6 rings (SSSR count). The van der Waals surface area contributed by atoms with Gasteiger partial charge in [-0.05, 0) is 0 Å². The van der Waals surface area contributed by atoms with Crippen LogP contribution >= 0.6 is 11.3 Å². The molecule has 22 heteroatoms. The molecule has 3 fully saturated rings. The smallest absolute Gasteiger partial charge is 0.455 e. The summed E-state index contributed by atoms with van der Waals surface area (Å²) < 4.78 is 12.1. The minimum Gasteiger partial charge on any atom is -0.502 e. The lowest BCUT2D eigenvalue weighted by atomic mass is 10.0. The van der Waals surface area contributed by atoms with E-state index in [-0.39, 0.29) is 41.3 Å². The zero-order valence-corrected chi connectivity index (χ0v) is 23.8. The van der Waals surface area contributed by atoms with Gasteiger partial charge in [0.25, 0.3) is 17.4 Å². The van der Waals surface area contributed by atoms with Crippen molar-refractivity contribution in [3.8, 4) is 5.75 Å². The van der Waals surface area contributed by atoms with Crippen molar-refractivity contribution in [2.24, 2.45) is 5.16 Å².